The third-order valence-electron chi connectivity index (χ3n) is 3.79. The summed E-state index contributed by atoms with van der Waals surface area (Å²) in [6.07, 6.45) is 0. The van der Waals surface area contributed by atoms with Crippen molar-refractivity contribution in [3.63, 3.8) is 0 Å². The lowest BCUT2D eigenvalue weighted by Crippen LogP contribution is -2.22. The van der Waals surface area contributed by atoms with Gasteiger partial charge < -0.3 is 20.1 Å². The zero-order chi connectivity index (χ0) is 19.3. The summed E-state index contributed by atoms with van der Waals surface area (Å²) >= 11 is 1.33. The van der Waals surface area contributed by atoms with Crippen molar-refractivity contribution in [3.05, 3.63) is 45.8 Å². The van der Waals surface area contributed by atoms with E-state index in [1.807, 2.05) is 13.8 Å². The summed E-state index contributed by atoms with van der Waals surface area (Å²) < 4.78 is 9.42. The molecule has 1 amide bonds. The van der Waals surface area contributed by atoms with Gasteiger partial charge in [-0.1, -0.05) is 0 Å². The van der Waals surface area contributed by atoms with Crippen molar-refractivity contribution in [1.29, 1.82) is 0 Å². The second-order valence-corrected chi connectivity index (χ2v) is 6.67. The lowest BCUT2D eigenvalue weighted by molar-refractivity contribution is -0.114. The fourth-order valence-corrected chi connectivity index (χ4v) is 3.32. The molecular formula is C18H20N2O5S. The summed E-state index contributed by atoms with van der Waals surface area (Å²) in [5.74, 6) is -1.20. The summed E-state index contributed by atoms with van der Waals surface area (Å²) in [6, 6.07) is 6.57. The molecular weight excluding hydrogens is 356 g/mol. The molecule has 0 unspecified atom stereocenters. The molecule has 0 radical (unpaired) electrons. The maximum atomic E-state index is 12.2. The Morgan fingerprint density at radius 1 is 1.00 bits per heavy atom. The number of hydrogen-bond donors (Lipinski definition) is 2. The average molecular weight is 376 g/mol. The minimum absolute atomic E-state index is 0.00811. The van der Waals surface area contributed by atoms with Crippen LogP contribution < -0.4 is 10.6 Å². The van der Waals surface area contributed by atoms with Crippen molar-refractivity contribution in [3.8, 4) is 0 Å². The molecule has 26 heavy (non-hydrogen) atoms. The molecule has 1 aromatic carbocycles. The molecule has 1 heterocycles. The van der Waals surface area contributed by atoms with Crippen LogP contribution in [0, 0.1) is 13.8 Å². The highest BCUT2D eigenvalue weighted by Gasteiger charge is 2.21. The predicted octanol–water partition coefficient (Wildman–Crippen LogP) is 2.99. The van der Waals surface area contributed by atoms with Crippen molar-refractivity contribution in [2.24, 2.45) is 0 Å². The number of aryl methyl sites for hydroxylation is 1. The Bertz CT molecular complexity index is 827. The first kappa shape index (κ1) is 19.5. The van der Waals surface area contributed by atoms with Crippen molar-refractivity contribution in [1.82, 2.24) is 0 Å². The molecule has 0 aliphatic carbocycles. The molecule has 0 fully saturated rings. The summed E-state index contributed by atoms with van der Waals surface area (Å²) in [5.41, 5.74) is 2.28. The monoisotopic (exact) mass is 376 g/mol. The van der Waals surface area contributed by atoms with Gasteiger partial charge in [-0.2, -0.15) is 0 Å². The number of carbonyl (C=O) groups excluding carboxylic acids is 3. The van der Waals surface area contributed by atoms with Crippen LogP contribution in [0.15, 0.2) is 24.3 Å². The van der Waals surface area contributed by atoms with E-state index in [1.165, 1.54) is 25.6 Å². The molecule has 2 N–H and O–H groups in total. The van der Waals surface area contributed by atoms with Gasteiger partial charge in [0.1, 0.15) is 5.00 Å². The van der Waals surface area contributed by atoms with E-state index in [9.17, 15) is 14.4 Å². The summed E-state index contributed by atoms with van der Waals surface area (Å²) in [4.78, 5) is 36.4. The van der Waals surface area contributed by atoms with Gasteiger partial charge in [0.2, 0.25) is 5.91 Å². The van der Waals surface area contributed by atoms with E-state index in [0.717, 1.165) is 10.4 Å². The SMILES string of the molecule is COC(=O)c1ccc(NCC(=O)Nc2sc(C)c(C)c2C(=O)OC)cc1. The van der Waals surface area contributed by atoms with E-state index in [-0.39, 0.29) is 12.5 Å². The third kappa shape index (κ3) is 4.40. The Balaban J connectivity index is 2.00. The van der Waals surface area contributed by atoms with Gasteiger partial charge in [-0.3, -0.25) is 4.79 Å². The number of ether oxygens (including phenoxy) is 2. The molecule has 0 aliphatic rings. The number of anilines is 2. The van der Waals surface area contributed by atoms with E-state index in [0.29, 0.717) is 21.8 Å². The van der Waals surface area contributed by atoms with Gasteiger partial charge >= 0.3 is 11.9 Å². The van der Waals surface area contributed by atoms with E-state index in [1.54, 1.807) is 24.3 Å². The van der Waals surface area contributed by atoms with Crippen molar-refractivity contribution < 1.29 is 23.9 Å². The summed E-state index contributed by atoms with van der Waals surface area (Å²) in [7, 11) is 2.62. The molecule has 2 aromatic rings. The quantitative estimate of drug-likeness (QED) is 0.753. The maximum Gasteiger partial charge on any atom is 0.341 e. The zero-order valence-corrected chi connectivity index (χ0v) is 15.8. The highest BCUT2D eigenvalue weighted by Crippen LogP contribution is 2.32. The molecule has 0 saturated carbocycles. The van der Waals surface area contributed by atoms with E-state index in [2.05, 4.69) is 15.4 Å². The van der Waals surface area contributed by atoms with Crippen molar-refractivity contribution >= 4 is 39.9 Å². The predicted molar refractivity (Wildman–Crippen MR) is 100 cm³/mol. The lowest BCUT2D eigenvalue weighted by atomic mass is 10.1. The topological polar surface area (TPSA) is 93.7 Å². The fourth-order valence-electron chi connectivity index (χ4n) is 2.26. The van der Waals surface area contributed by atoms with Gasteiger partial charge in [0.25, 0.3) is 0 Å². The van der Waals surface area contributed by atoms with Crippen LogP contribution in [0.1, 0.15) is 31.2 Å². The Morgan fingerprint density at radius 2 is 1.62 bits per heavy atom. The van der Waals surface area contributed by atoms with Gasteiger partial charge in [0, 0.05) is 10.6 Å². The summed E-state index contributed by atoms with van der Waals surface area (Å²) in [5, 5.41) is 6.17. The first-order valence-corrected chi connectivity index (χ1v) is 8.59. The Kier molecular flexibility index (Phi) is 6.35. The molecule has 1 aromatic heterocycles. The molecule has 0 saturated heterocycles. The zero-order valence-electron chi connectivity index (χ0n) is 15.0. The second-order valence-electron chi connectivity index (χ2n) is 5.45. The van der Waals surface area contributed by atoms with Crippen LogP contribution in [0.2, 0.25) is 0 Å². The van der Waals surface area contributed by atoms with E-state index >= 15 is 0 Å². The molecule has 0 bridgehead atoms. The third-order valence-corrected chi connectivity index (χ3v) is 4.91. The van der Waals surface area contributed by atoms with Crippen LogP contribution in [-0.2, 0) is 14.3 Å². The number of benzene rings is 1. The Labute approximate surface area is 155 Å². The average Bonchev–Trinajstić information content (AvgIpc) is 2.92. The number of amides is 1. The van der Waals surface area contributed by atoms with Gasteiger partial charge in [0.15, 0.2) is 0 Å². The van der Waals surface area contributed by atoms with Gasteiger partial charge in [-0.05, 0) is 43.7 Å². The van der Waals surface area contributed by atoms with Crippen LogP contribution >= 0.6 is 11.3 Å². The molecule has 0 aliphatic heterocycles. The van der Waals surface area contributed by atoms with Gasteiger partial charge in [-0.15, -0.1) is 11.3 Å². The molecule has 2 rings (SSSR count). The van der Waals surface area contributed by atoms with E-state index in [4.69, 9.17) is 4.74 Å². The minimum Gasteiger partial charge on any atom is -0.465 e. The first-order valence-electron chi connectivity index (χ1n) is 7.77. The Hall–Kier alpha value is -2.87. The Morgan fingerprint density at radius 3 is 2.19 bits per heavy atom. The van der Waals surface area contributed by atoms with Crippen LogP contribution in [0.25, 0.3) is 0 Å². The lowest BCUT2D eigenvalue weighted by Gasteiger charge is -2.09. The van der Waals surface area contributed by atoms with Gasteiger partial charge in [0.05, 0.1) is 31.9 Å². The fraction of sp³-hybridized carbons (Fsp3) is 0.278. The number of methoxy groups -OCH3 is 2. The van der Waals surface area contributed by atoms with E-state index < -0.39 is 11.9 Å². The number of esters is 2. The highest BCUT2D eigenvalue weighted by molar-refractivity contribution is 7.16. The molecule has 7 nitrogen and oxygen atoms in total. The van der Waals surface area contributed by atoms with Gasteiger partial charge in [-0.25, -0.2) is 9.59 Å². The van der Waals surface area contributed by atoms with Crippen LogP contribution in [0.3, 0.4) is 0 Å². The first-order chi connectivity index (χ1) is 12.4. The van der Waals surface area contributed by atoms with Crippen molar-refractivity contribution in [2.75, 3.05) is 31.4 Å². The minimum atomic E-state index is -0.478. The molecule has 0 spiro atoms. The molecule has 0 atom stereocenters. The normalized spacial score (nSPS) is 10.2. The molecule has 8 heteroatoms. The maximum absolute atomic E-state index is 12.2. The van der Waals surface area contributed by atoms with Crippen LogP contribution in [0.4, 0.5) is 10.7 Å². The second kappa shape index (κ2) is 8.48. The van der Waals surface area contributed by atoms with Crippen molar-refractivity contribution in [2.45, 2.75) is 13.8 Å². The summed E-state index contributed by atoms with van der Waals surface area (Å²) in [6.45, 7) is 3.70. The van der Waals surface area contributed by atoms with Crippen LogP contribution in [-0.4, -0.2) is 38.6 Å². The molecule has 138 valence electrons. The number of thiophene rings is 1. The standard InChI is InChI=1S/C18H20N2O5S/c1-10-11(2)26-16(15(10)18(23)25-4)20-14(21)9-19-13-7-5-12(6-8-13)17(22)24-3/h5-8,19H,9H2,1-4H3,(H,20,21). The number of rotatable bonds is 6. The smallest absolute Gasteiger partial charge is 0.341 e. The highest BCUT2D eigenvalue weighted by atomic mass is 32.1. The number of hydrogen-bond acceptors (Lipinski definition) is 7. The number of carbonyl (C=O) groups is 3. The number of nitrogens with one attached hydrogen (secondary N) is 2. The largest absolute Gasteiger partial charge is 0.465 e. The van der Waals surface area contributed by atoms with Crippen LogP contribution in [0.5, 0.6) is 0 Å².